The Hall–Kier alpha value is -2.89. The van der Waals surface area contributed by atoms with Crippen LogP contribution in [0.5, 0.6) is 0 Å². The molecular formula is C20H26N6. The third-order valence-corrected chi connectivity index (χ3v) is 4.29. The minimum absolute atomic E-state index is 0.759. The molecule has 0 spiro atoms. The molecule has 1 aromatic carbocycles. The molecule has 26 heavy (non-hydrogen) atoms. The van der Waals surface area contributed by atoms with Gasteiger partial charge in [-0.05, 0) is 38.5 Å². The van der Waals surface area contributed by atoms with Crippen molar-refractivity contribution in [1.82, 2.24) is 19.7 Å². The number of anilines is 2. The summed E-state index contributed by atoms with van der Waals surface area (Å²) >= 11 is 0. The molecular weight excluding hydrogens is 324 g/mol. The van der Waals surface area contributed by atoms with E-state index in [-0.39, 0.29) is 0 Å². The topological polar surface area (TPSA) is 58.9 Å². The Morgan fingerprint density at radius 3 is 2.69 bits per heavy atom. The molecule has 0 radical (unpaired) electrons. The van der Waals surface area contributed by atoms with Gasteiger partial charge in [0.25, 0.3) is 0 Å². The second-order valence-electron chi connectivity index (χ2n) is 6.26. The molecule has 0 bridgehead atoms. The number of rotatable bonds is 8. The first kappa shape index (κ1) is 17.9. The van der Waals surface area contributed by atoms with E-state index >= 15 is 0 Å². The van der Waals surface area contributed by atoms with Gasteiger partial charge >= 0.3 is 0 Å². The molecule has 0 saturated heterocycles. The highest BCUT2D eigenvalue weighted by atomic mass is 15.3. The summed E-state index contributed by atoms with van der Waals surface area (Å²) in [4.78, 5) is 11.3. The van der Waals surface area contributed by atoms with E-state index in [1.807, 2.05) is 36.0 Å². The fraction of sp³-hybridized carbons (Fsp3) is 0.350. The number of hydrogen-bond donors (Lipinski definition) is 1. The monoisotopic (exact) mass is 350 g/mol. The molecule has 2 aromatic heterocycles. The quantitative estimate of drug-likeness (QED) is 0.629. The fourth-order valence-electron chi connectivity index (χ4n) is 2.94. The molecule has 1 N–H and O–H groups in total. The number of nitrogens with one attached hydrogen (secondary N) is 1. The summed E-state index contributed by atoms with van der Waals surface area (Å²) in [6, 6.07) is 14.4. The van der Waals surface area contributed by atoms with Gasteiger partial charge in [-0.1, -0.05) is 18.2 Å². The molecule has 0 fully saturated rings. The van der Waals surface area contributed by atoms with E-state index < -0.39 is 0 Å². The van der Waals surface area contributed by atoms with Crippen LogP contribution in [0.25, 0.3) is 11.4 Å². The molecule has 136 valence electrons. The second kappa shape index (κ2) is 8.47. The number of nitrogens with zero attached hydrogens (tertiary/aromatic N) is 5. The minimum Gasteiger partial charge on any atom is -0.375 e. The van der Waals surface area contributed by atoms with Crippen molar-refractivity contribution < 1.29 is 0 Å². The molecule has 6 heteroatoms. The summed E-state index contributed by atoms with van der Waals surface area (Å²) < 4.78 is 1.94. The Kier molecular flexibility index (Phi) is 5.84. The number of hydrogen-bond acceptors (Lipinski definition) is 5. The van der Waals surface area contributed by atoms with Crippen LogP contribution < -0.4 is 10.2 Å². The van der Waals surface area contributed by atoms with Gasteiger partial charge in [0.15, 0.2) is 0 Å². The van der Waals surface area contributed by atoms with Crippen LogP contribution in [-0.2, 0) is 6.54 Å². The van der Waals surface area contributed by atoms with Gasteiger partial charge in [-0.25, -0.2) is 9.97 Å². The van der Waals surface area contributed by atoms with E-state index in [1.165, 1.54) is 5.69 Å². The lowest BCUT2D eigenvalue weighted by atomic mass is 10.2. The summed E-state index contributed by atoms with van der Waals surface area (Å²) in [6.45, 7) is 6.66. The highest BCUT2D eigenvalue weighted by molar-refractivity contribution is 5.58. The first-order chi connectivity index (χ1) is 12.7. The van der Waals surface area contributed by atoms with Crippen LogP contribution in [-0.4, -0.2) is 39.9 Å². The van der Waals surface area contributed by atoms with Crippen LogP contribution in [0.4, 0.5) is 11.5 Å². The summed E-state index contributed by atoms with van der Waals surface area (Å²) in [5.74, 6) is 1.62. The van der Waals surface area contributed by atoms with Crippen molar-refractivity contribution in [1.29, 1.82) is 0 Å². The van der Waals surface area contributed by atoms with Crippen molar-refractivity contribution in [3.8, 4) is 11.4 Å². The number of benzene rings is 1. The largest absolute Gasteiger partial charge is 0.375 e. The van der Waals surface area contributed by atoms with Gasteiger partial charge in [-0.2, -0.15) is 5.10 Å². The van der Waals surface area contributed by atoms with Crippen LogP contribution in [0.15, 0.2) is 48.7 Å². The molecule has 0 aliphatic rings. The number of para-hydroxylation sites is 1. The maximum Gasteiger partial charge on any atom is 0.130 e. The van der Waals surface area contributed by atoms with Crippen LogP contribution >= 0.6 is 0 Å². The Balaban J connectivity index is 1.58. The van der Waals surface area contributed by atoms with Crippen molar-refractivity contribution in [2.24, 2.45) is 0 Å². The molecule has 0 aliphatic heterocycles. The predicted molar refractivity (Wildman–Crippen MR) is 106 cm³/mol. The van der Waals surface area contributed by atoms with Gasteiger partial charge in [-0.15, -0.1) is 0 Å². The normalized spacial score (nSPS) is 10.7. The molecule has 6 nitrogen and oxygen atoms in total. The van der Waals surface area contributed by atoms with Crippen molar-refractivity contribution in [3.05, 3.63) is 54.5 Å². The smallest absolute Gasteiger partial charge is 0.130 e. The van der Waals surface area contributed by atoms with E-state index in [2.05, 4.69) is 63.5 Å². The summed E-state index contributed by atoms with van der Waals surface area (Å²) in [5.41, 5.74) is 3.16. The number of aromatic nitrogens is 4. The van der Waals surface area contributed by atoms with Gasteiger partial charge in [-0.3, -0.25) is 4.68 Å². The van der Waals surface area contributed by atoms with E-state index in [9.17, 15) is 0 Å². The molecule has 3 aromatic rings. The maximum absolute atomic E-state index is 4.56. The zero-order chi connectivity index (χ0) is 18.4. The molecule has 0 amide bonds. The molecule has 0 unspecified atom stereocenters. The third-order valence-electron chi connectivity index (χ3n) is 4.29. The first-order valence-corrected chi connectivity index (χ1v) is 9.05. The molecule has 2 heterocycles. The second-order valence-corrected chi connectivity index (χ2v) is 6.26. The van der Waals surface area contributed by atoms with Crippen LogP contribution in [0, 0.1) is 6.92 Å². The summed E-state index contributed by atoms with van der Waals surface area (Å²) in [5, 5.41) is 7.75. The molecule has 0 atom stereocenters. The Labute approximate surface area is 154 Å². The fourth-order valence-corrected chi connectivity index (χ4v) is 2.94. The predicted octanol–water partition coefficient (Wildman–Crippen LogP) is 3.61. The van der Waals surface area contributed by atoms with Crippen LogP contribution in [0.3, 0.4) is 0 Å². The lowest BCUT2D eigenvalue weighted by Gasteiger charge is -2.19. The van der Waals surface area contributed by atoms with Crippen LogP contribution in [0.1, 0.15) is 19.2 Å². The van der Waals surface area contributed by atoms with Gasteiger partial charge in [0.1, 0.15) is 11.6 Å². The average molecular weight is 350 g/mol. The Bertz CT molecular complexity index is 827. The minimum atomic E-state index is 0.759. The van der Waals surface area contributed by atoms with Gasteiger partial charge in [0, 0.05) is 44.6 Å². The molecule has 3 rings (SSSR count). The van der Waals surface area contributed by atoms with E-state index in [1.54, 1.807) is 0 Å². The maximum atomic E-state index is 4.56. The molecule has 0 aliphatic carbocycles. The lowest BCUT2D eigenvalue weighted by Crippen LogP contribution is -2.20. The Morgan fingerprint density at radius 1 is 1.12 bits per heavy atom. The van der Waals surface area contributed by atoms with Crippen molar-refractivity contribution in [2.75, 3.05) is 30.4 Å². The van der Waals surface area contributed by atoms with Crippen molar-refractivity contribution in [3.63, 3.8) is 0 Å². The van der Waals surface area contributed by atoms with Gasteiger partial charge in [0.2, 0.25) is 0 Å². The summed E-state index contributed by atoms with van der Waals surface area (Å²) in [6.07, 6.45) is 2.83. The highest BCUT2D eigenvalue weighted by Crippen LogP contribution is 2.19. The standard InChI is InChI=1S/C20H26N6/c1-4-26-19(11-13-22-26)18-15-20(24-16(2)23-18)21-12-8-14-25(3)17-9-6-5-7-10-17/h5-7,9-11,13,15H,4,8,12,14H2,1-3H3,(H,21,23,24). The zero-order valence-electron chi connectivity index (χ0n) is 15.7. The Morgan fingerprint density at radius 2 is 1.92 bits per heavy atom. The zero-order valence-corrected chi connectivity index (χ0v) is 15.7. The van der Waals surface area contributed by atoms with E-state index in [0.717, 1.165) is 49.1 Å². The summed E-state index contributed by atoms with van der Waals surface area (Å²) in [7, 11) is 2.12. The van der Waals surface area contributed by atoms with E-state index in [0.29, 0.717) is 0 Å². The third kappa shape index (κ3) is 4.39. The lowest BCUT2D eigenvalue weighted by molar-refractivity contribution is 0.665. The van der Waals surface area contributed by atoms with Gasteiger partial charge in [0.05, 0.1) is 11.4 Å². The van der Waals surface area contributed by atoms with Crippen molar-refractivity contribution >= 4 is 11.5 Å². The number of aryl methyl sites for hydroxylation is 2. The molecule has 0 saturated carbocycles. The average Bonchev–Trinajstić information content (AvgIpc) is 3.14. The van der Waals surface area contributed by atoms with Crippen LogP contribution in [0.2, 0.25) is 0 Å². The van der Waals surface area contributed by atoms with E-state index in [4.69, 9.17) is 0 Å². The SMILES string of the molecule is CCn1nccc1-c1cc(NCCCN(C)c2ccccc2)nc(C)n1. The van der Waals surface area contributed by atoms with Crippen molar-refractivity contribution in [2.45, 2.75) is 26.8 Å². The first-order valence-electron chi connectivity index (χ1n) is 9.05. The van der Waals surface area contributed by atoms with Gasteiger partial charge < -0.3 is 10.2 Å². The highest BCUT2D eigenvalue weighted by Gasteiger charge is 2.09.